The minimum atomic E-state index is -0.968. The maximum absolute atomic E-state index is 10.8. The Balaban J connectivity index is 2.15. The van der Waals surface area contributed by atoms with Crippen molar-refractivity contribution in [2.45, 2.75) is 25.8 Å². The molecule has 0 aromatic carbocycles. The highest BCUT2D eigenvalue weighted by atomic mass is 16.4. The molecule has 2 rings (SSSR count). The van der Waals surface area contributed by atoms with Crippen molar-refractivity contribution in [3.63, 3.8) is 0 Å². The normalized spacial score (nSPS) is 23.1. The predicted octanol–water partition coefficient (Wildman–Crippen LogP) is 1.54. The molecular formula is C13H20N4O2. The lowest BCUT2D eigenvalue weighted by molar-refractivity contribution is 0.185. The van der Waals surface area contributed by atoms with Crippen LogP contribution in [0.15, 0.2) is 18.5 Å². The summed E-state index contributed by atoms with van der Waals surface area (Å²) in [7, 11) is 0. The van der Waals surface area contributed by atoms with Gasteiger partial charge in [0.25, 0.3) is 0 Å². The van der Waals surface area contributed by atoms with Crippen LogP contribution in [0.3, 0.4) is 0 Å². The molecule has 0 aliphatic carbocycles. The first-order chi connectivity index (χ1) is 9.10. The lowest BCUT2D eigenvalue weighted by atomic mass is 9.91. The summed E-state index contributed by atoms with van der Waals surface area (Å²) in [5.41, 5.74) is 7.51. The molecule has 0 saturated carbocycles. The third kappa shape index (κ3) is 3.27. The number of aromatic nitrogens is 1. The van der Waals surface area contributed by atoms with Gasteiger partial charge >= 0.3 is 6.09 Å². The second kappa shape index (κ2) is 5.77. The molecule has 19 heavy (non-hydrogen) atoms. The van der Waals surface area contributed by atoms with Crippen LogP contribution in [0.5, 0.6) is 0 Å². The smallest absolute Gasteiger partial charge is 0.404 e. The Morgan fingerprint density at radius 3 is 3.05 bits per heavy atom. The number of anilines is 2. The van der Waals surface area contributed by atoms with Crippen molar-refractivity contribution in [1.29, 1.82) is 0 Å². The minimum Gasteiger partial charge on any atom is -0.465 e. The number of nitrogens with two attached hydrogens (primary N) is 1. The van der Waals surface area contributed by atoms with Gasteiger partial charge in [0.2, 0.25) is 0 Å². The highest BCUT2D eigenvalue weighted by Crippen LogP contribution is 2.28. The molecule has 1 aromatic heterocycles. The van der Waals surface area contributed by atoms with Gasteiger partial charge in [-0.25, -0.2) is 4.79 Å². The molecule has 1 saturated heterocycles. The van der Waals surface area contributed by atoms with Crippen molar-refractivity contribution in [2.75, 3.05) is 23.7 Å². The Bertz CT molecular complexity index is 452. The van der Waals surface area contributed by atoms with Crippen LogP contribution in [0.25, 0.3) is 0 Å². The van der Waals surface area contributed by atoms with Gasteiger partial charge in [-0.3, -0.25) is 4.98 Å². The largest absolute Gasteiger partial charge is 0.465 e. The zero-order valence-electron chi connectivity index (χ0n) is 11.0. The molecule has 0 spiro atoms. The molecular weight excluding hydrogens is 244 g/mol. The summed E-state index contributed by atoms with van der Waals surface area (Å²) in [5.74, 6) is 0.471. The average Bonchev–Trinajstić information content (AvgIpc) is 2.38. The number of hydrogen-bond acceptors (Lipinski definition) is 4. The van der Waals surface area contributed by atoms with Crippen LogP contribution in [-0.2, 0) is 0 Å². The van der Waals surface area contributed by atoms with Crippen molar-refractivity contribution in [2.24, 2.45) is 5.92 Å². The molecule has 6 heteroatoms. The van der Waals surface area contributed by atoms with Crippen molar-refractivity contribution >= 4 is 17.5 Å². The Morgan fingerprint density at radius 1 is 1.63 bits per heavy atom. The van der Waals surface area contributed by atoms with Crippen LogP contribution in [0.1, 0.15) is 19.8 Å². The Hall–Kier alpha value is -1.98. The van der Waals surface area contributed by atoms with Crippen LogP contribution >= 0.6 is 0 Å². The van der Waals surface area contributed by atoms with Gasteiger partial charge in [-0.1, -0.05) is 13.3 Å². The van der Waals surface area contributed by atoms with Crippen LogP contribution < -0.4 is 16.0 Å². The molecule has 1 amide bonds. The van der Waals surface area contributed by atoms with Crippen molar-refractivity contribution < 1.29 is 9.90 Å². The number of piperidine rings is 1. The van der Waals surface area contributed by atoms with Crippen molar-refractivity contribution in [3.05, 3.63) is 18.5 Å². The lowest BCUT2D eigenvalue weighted by Crippen LogP contribution is -2.50. The summed E-state index contributed by atoms with van der Waals surface area (Å²) in [5, 5.41) is 11.5. The molecule has 0 radical (unpaired) electrons. The number of nitrogens with one attached hydrogen (secondary N) is 1. The number of carbonyl (C=O) groups is 1. The number of nitrogens with zero attached hydrogens (tertiary/aromatic N) is 2. The molecule has 1 fully saturated rings. The Morgan fingerprint density at radius 2 is 2.42 bits per heavy atom. The van der Waals surface area contributed by atoms with Crippen molar-refractivity contribution in [1.82, 2.24) is 10.3 Å². The van der Waals surface area contributed by atoms with Gasteiger partial charge in [0, 0.05) is 25.3 Å². The van der Waals surface area contributed by atoms with E-state index >= 15 is 0 Å². The van der Waals surface area contributed by atoms with Crippen LogP contribution in [-0.4, -0.2) is 35.3 Å². The average molecular weight is 264 g/mol. The monoisotopic (exact) mass is 264 g/mol. The summed E-state index contributed by atoms with van der Waals surface area (Å²) < 4.78 is 0. The molecule has 4 N–H and O–H groups in total. The lowest BCUT2D eigenvalue weighted by Gasteiger charge is -2.39. The summed E-state index contributed by atoms with van der Waals surface area (Å²) in [6, 6.07) is 1.83. The Kier molecular flexibility index (Phi) is 4.09. The van der Waals surface area contributed by atoms with Crippen LogP contribution in [0, 0.1) is 5.92 Å². The highest BCUT2D eigenvalue weighted by Gasteiger charge is 2.28. The first-order valence-corrected chi connectivity index (χ1v) is 6.54. The van der Waals surface area contributed by atoms with E-state index < -0.39 is 6.09 Å². The number of nitrogen functional groups attached to an aromatic ring is 1. The maximum Gasteiger partial charge on any atom is 0.404 e. The fourth-order valence-corrected chi connectivity index (χ4v) is 2.66. The number of amides is 1. The van der Waals surface area contributed by atoms with E-state index in [2.05, 4.69) is 22.1 Å². The second-order valence-electron chi connectivity index (χ2n) is 5.00. The molecule has 1 aliphatic heterocycles. The topological polar surface area (TPSA) is 91.5 Å². The number of carboxylic acid groups (broad SMARTS) is 1. The summed E-state index contributed by atoms with van der Waals surface area (Å²) in [4.78, 5) is 16.9. The van der Waals surface area contributed by atoms with Gasteiger partial charge < -0.3 is 21.1 Å². The van der Waals surface area contributed by atoms with E-state index in [1.807, 2.05) is 6.07 Å². The quantitative estimate of drug-likeness (QED) is 0.770. The van der Waals surface area contributed by atoms with Gasteiger partial charge in [0.1, 0.15) is 0 Å². The predicted molar refractivity (Wildman–Crippen MR) is 74.2 cm³/mol. The summed E-state index contributed by atoms with van der Waals surface area (Å²) >= 11 is 0. The molecule has 2 atom stereocenters. The van der Waals surface area contributed by atoms with Crippen LogP contribution in [0.2, 0.25) is 0 Å². The van der Waals surface area contributed by atoms with E-state index in [1.54, 1.807) is 12.4 Å². The highest BCUT2D eigenvalue weighted by molar-refractivity contribution is 5.67. The third-order valence-electron chi connectivity index (χ3n) is 3.61. The molecule has 0 bridgehead atoms. The minimum absolute atomic E-state index is 0.0521. The standard InChI is InChI=1S/C13H20N4O2/c1-2-9-5-10(16-13(18)19)8-17(7-9)12-3-4-15-6-11(12)14/h3-4,6,9-10,16H,2,5,7-8,14H2,1H3,(H,18,19). The van der Waals surface area contributed by atoms with E-state index in [0.29, 0.717) is 18.2 Å². The van der Waals surface area contributed by atoms with Gasteiger partial charge in [-0.05, 0) is 18.4 Å². The fourth-order valence-electron chi connectivity index (χ4n) is 2.66. The molecule has 104 valence electrons. The zero-order valence-corrected chi connectivity index (χ0v) is 11.0. The zero-order chi connectivity index (χ0) is 13.8. The first kappa shape index (κ1) is 13.5. The number of pyridine rings is 1. The maximum atomic E-state index is 10.8. The molecule has 1 aliphatic rings. The van der Waals surface area contributed by atoms with Gasteiger partial charge in [0.15, 0.2) is 0 Å². The van der Waals surface area contributed by atoms with Crippen molar-refractivity contribution in [3.8, 4) is 0 Å². The van der Waals surface area contributed by atoms with Gasteiger partial charge in [-0.2, -0.15) is 0 Å². The third-order valence-corrected chi connectivity index (χ3v) is 3.61. The summed E-state index contributed by atoms with van der Waals surface area (Å²) in [6.45, 7) is 3.68. The molecule has 2 heterocycles. The number of hydrogen-bond donors (Lipinski definition) is 3. The molecule has 1 aromatic rings. The Labute approximate surface area is 112 Å². The van der Waals surface area contributed by atoms with E-state index in [1.165, 1.54) is 0 Å². The van der Waals surface area contributed by atoms with E-state index in [9.17, 15) is 4.79 Å². The number of rotatable bonds is 3. The molecule has 6 nitrogen and oxygen atoms in total. The van der Waals surface area contributed by atoms with E-state index in [-0.39, 0.29) is 6.04 Å². The van der Waals surface area contributed by atoms with E-state index in [4.69, 9.17) is 10.8 Å². The fraction of sp³-hybridized carbons (Fsp3) is 0.538. The second-order valence-corrected chi connectivity index (χ2v) is 5.00. The van der Waals surface area contributed by atoms with Gasteiger partial charge in [-0.15, -0.1) is 0 Å². The molecule has 2 unspecified atom stereocenters. The van der Waals surface area contributed by atoms with Gasteiger partial charge in [0.05, 0.1) is 17.6 Å². The summed E-state index contributed by atoms with van der Waals surface area (Å²) in [6.07, 6.45) is 4.28. The van der Waals surface area contributed by atoms with Crippen LogP contribution in [0.4, 0.5) is 16.2 Å². The SMILES string of the molecule is CCC1CC(NC(=O)O)CN(c2ccncc2N)C1. The van der Waals surface area contributed by atoms with E-state index in [0.717, 1.165) is 25.1 Å². The first-order valence-electron chi connectivity index (χ1n) is 6.54.